The van der Waals surface area contributed by atoms with Crippen LogP contribution < -0.4 is 5.73 Å². The molecular weight excluding hydrogens is 220 g/mol. The molecule has 1 rings (SSSR count). The summed E-state index contributed by atoms with van der Waals surface area (Å²) in [6, 6.07) is 0.107. The number of morpholine rings is 1. The second-order valence-electron chi connectivity index (χ2n) is 4.53. The molecule has 0 aromatic rings. The zero-order chi connectivity index (χ0) is 12.5. The topological polar surface area (TPSA) is 57.0 Å². The van der Waals surface area contributed by atoms with E-state index in [1.165, 1.54) is 0 Å². The first-order valence-corrected chi connectivity index (χ1v) is 6.40. The smallest absolute Gasteiger partial charge is 0.0850 e. The molecule has 0 bridgehead atoms. The zero-order valence-electron chi connectivity index (χ0n) is 11.1. The molecule has 0 aliphatic carbocycles. The van der Waals surface area contributed by atoms with Crippen molar-refractivity contribution in [1.29, 1.82) is 0 Å². The van der Waals surface area contributed by atoms with Gasteiger partial charge >= 0.3 is 0 Å². The molecule has 0 saturated carbocycles. The lowest BCUT2D eigenvalue weighted by Gasteiger charge is -2.34. The Labute approximate surface area is 104 Å². The molecule has 0 aromatic heterocycles. The van der Waals surface area contributed by atoms with E-state index in [1.54, 1.807) is 7.11 Å². The standard InChI is InChI=1S/C12H26N2O3/c1-11(13)12-10-14(5-7-17-12)4-3-6-16-9-8-15-2/h11-12H,3-10,13H2,1-2H3. The molecule has 0 amide bonds. The van der Waals surface area contributed by atoms with Crippen molar-refractivity contribution in [3.63, 3.8) is 0 Å². The van der Waals surface area contributed by atoms with Gasteiger partial charge in [-0.1, -0.05) is 0 Å². The molecule has 2 unspecified atom stereocenters. The molecule has 0 radical (unpaired) electrons. The minimum atomic E-state index is 0.107. The van der Waals surface area contributed by atoms with Crippen LogP contribution in [-0.2, 0) is 14.2 Å². The molecule has 5 nitrogen and oxygen atoms in total. The largest absolute Gasteiger partial charge is 0.382 e. The number of hydrogen-bond donors (Lipinski definition) is 1. The predicted molar refractivity (Wildman–Crippen MR) is 67.1 cm³/mol. The van der Waals surface area contributed by atoms with Crippen LogP contribution in [0.2, 0.25) is 0 Å². The van der Waals surface area contributed by atoms with Crippen LogP contribution in [-0.4, -0.2) is 70.2 Å². The normalized spacial score (nSPS) is 23.8. The van der Waals surface area contributed by atoms with Crippen LogP contribution in [0.4, 0.5) is 0 Å². The highest BCUT2D eigenvalue weighted by Crippen LogP contribution is 2.08. The predicted octanol–water partition coefficient (Wildman–Crippen LogP) is 0.0875. The maximum atomic E-state index is 5.85. The van der Waals surface area contributed by atoms with Gasteiger partial charge in [-0.2, -0.15) is 0 Å². The lowest BCUT2D eigenvalue weighted by atomic mass is 10.1. The fourth-order valence-corrected chi connectivity index (χ4v) is 1.89. The van der Waals surface area contributed by atoms with Crippen LogP contribution in [0, 0.1) is 0 Å². The third-order valence-electron chi connectivity index (χ3n) is 2.96. The van der Waals surface area contributed by atoms with E-state index in [-0.39, 0.29) is 12.1 Å². The second kappa shape index (κ2) is 8.83. The van der Waals surface area contributed by atoms with E-state index in [0.29, 0.717) is 13.2 Å². The highest BCUT2D eigenvalue weighted by molar-refractivity contribution is 4.77. The first-order chi connectivity index (χ1) is 8.24. The molecule has 102 valence electrons. The van der Waals surface area contributed by atoms with Crippen molar-refractivity contribution >= 4 is 0 Å². The molecule has 5 heteroatoms. The number of rotatable bonds is 8. The average molecular weight is 246 g/mol. The van der Waals surface area contributed by atoms with E-state index in [0.717, 1.165) is 39.3 Å². The summed E-state index contributed by atoms with van der Waals surface area (Å²) in [5, 5.41) is 0. The van der Waals surface area contributed by atoms with Gasteiger partial charge in [0, 0.05) is 39.4 Å². The summed E-state index contributed by atoms with van der Waals surface area (Å²) in [6.45, 7) is 7.94. The van der Waals surface area contributed by atoms with Gasteiger partial charge in [0.2, 0.25) is 0 Å². The number of ether oxygens (including phenoxy) is 3. The van der Waals surface area contributed by atoms with Gasteiger partial charge in [0.15, 0.2) is 0 Å². The SMILES string of the molecule is COCCOCCCN1CCOC(C(C)N)C1. The average Bonchev–Trinajstić information content (AvgIpc) is 2.34. The Balaban J connectivity index is 2.02. The van der Waals surface area contributed by atoms with Crippen LogP contribution >= 0.6 is 0 Å². The van der Waals surface area contributed by atoms with E-state index in [9.17, 15) is 0 Å². The summed E-state index contributed by atoms with van der Waals surface area (Å²) >= 11 is 0. The summed E-state index contributed by atoms with van der Waals surface area (Å²) < 4.78 is 16.0. The fraction of sp³-hybridized carbons (Fsp3) is 1.00. The summed E-state index contributed by atoms with van der Waals surface area (Å²) in [4.78, 5) is 2.40. The van der Waals surface area contributed by atoms with Gasteiger partial charge in [0.25, 0.3) is 0 Å². The van der Waals surface area contributed by atoms with Crippen molar-refractivity contribution in [2.45, 2.75) is 25.5 Å². The minimum Gasteiger partial charge on any atom is -0.382 e. The van der Waals surface area contributed by atoms with Crippen LogP contribution in [0.5, 0.6) is 0 Å². The molecule has 0 spiro atoms. The van der Waals surface area contributed by atoms with E-state index in [1.807, 2.05) is 6.92 Å². The Bertz CT molecular complexity index is 191. The highest BCUT2D eigenvalue weighted by Gasteiger charge is 2.22. The summed E-state index contributed by atoms with van der Waals surface area (Å²) in [5.74, 6) is 0. The molecular formula is C12H26N2O3. The molecule has 1 saturated heterocycles. The Morgan fingerprint density at radius 2 is 2.24 bits per heavy atom. The number of nitrogens with two attached hydrogens (primary N) is 1. The van der Waals surface area contributed by atoms with Gasteiger partial charge in [0.1, 0.15) is 0 Å². The molecule has 17 heavy (non-hydrogen) atoms. The molecule has 1 aliphatic rings. The Hall–Kier alpha value is -0.200. The maximum Gasteiger partial charge on any atom is 0.0850 e. The van der Waals surface area contributed by atoms with Crippen molar-refractivity contribution in [3.05, 3.63) is 0 Å². The quantitative estimate of drug-likeness (QED) is 0.615. The van der Waals surface area contributed by atoms with E-state index in [4.69, 9.17) is 19.9 Å². The summed E-state index contributed by atoms with van der Waals surface area (Å²) in [5.41, 5.74) is 5.85. The van der Waals surface area contributed by atoms with Crippen LogP contribution in [0.3, 0.4) is 0 Å². The number of hydrogen-bond acceptors (Lipinski definition) is 5. The lowest BCUT2D eigenvalue weighted by molar-refractivity contribution is -0.0399. The number of methoxy groups -OCH3 is 1. The van der Waals surface area contributed by atoms with Gasteiger partial charge in [-0.3, -0.25) is 4.90 Å². The summed E-state index contributed by atoms with van der Waals surface area (Å²) in [6.07, 6.45) is 1.23. The van der Waals surface area contributed by atoms with Crippen molar-refractivity contribution in [1.82, 2.24) is 4.90 Å². The maximum absolute atomic E-state index is 5.85. The molecule has 2 atom stereocenters. The van der Waals surface area contributed by atoms with Gasteiger partial charge < -0.3 is 19.9 Å². The third-order valence-corrected chi connectivity index (χ3v) is 2.96. The van der Waals surface area contributed by atoms with E-state index < -0.39 is 0 Å². The minimum absolute atomic E-state index is 0.107. The van der Waals surface area contributed by atoms with Gasteiger partial charge in [-0.15, -0.1) is 0 Å². The summed E-state index contributed by atoms with van der Waals surface area (Å²) in [7, 11) is 1.69. The number of nitrogens with zero attached hydrogens (tertiary/aromatic N) is 1. The Morgan fingerprint density at radius 1 is 1.41 bits per heavy atom. The second-order valence-corrected chi connectivity index (χ2v) is 4.53. The monoisotopic (exact) mass is 246 g/mol. The van der Waals surface area contributed by atoms with E-state index in [2.05, 4.69) is 4.90 Å². The first kappa shape index (κ1) is 14.9. The third kappa shape index (κ3) is 6.33. The highest BCUT2D eigenvalue weighted by atomic mass is 16.5. The zero-order valence-corrected chi connectivity index (χ0v) is 11.1. The van der Waals surface area contributed by atoms with Crippen molar-refractivity contribution in [2.24, 2.45) is 5.73 Å². The van der Waals surface area contributed by atoms with Gasteiger partial charge in [-0.05, 0) is 13.3 Å². The fourth-order valence-electron chi connectivity index (χ4n) is 1.89. The van der Waals surface area contributed by atoms with Crippen LogP contribution in [0.1, 0.15) is 13.3 Å². The van der Waals surface area contributed by atoms with Crippen LogP contribution in [0.25, 0.3) is 0 Å². The first-order valence-electron chi connectivity index (χ1n) is 6.40. The molecule has 1 aliphatic heterocycles. The van der Waals surface area contributed by atoms with Crippen molar-refractivity contribution < 1.29 is 14.2 Å². The molecule has 1 heterocycles. The van der Waals surface area contributed by atoms with Crippen molar-refractivity contribution in [3.8, 4) is 0 Å². The molecule has 1 fully saturated rings. The Kier molecular flexibility index (Phi) is 7.72. The molecule has 0 aromatic carbocycles. The molecule has 2 N–H and O–H groups in total. The van der Waals surface area contributed by atoms with Gasteiger partial charge in [0.05, 0.1) is 25.9 Å². The lowest BCUT2D eigenvalue weighted by Crippen LogP contribution is -2.49. The van der Waals surface area contributed by atoms with E-state index >= 15 is 0 Å². The van der Waals surface area contributed by atoms with Crippen LogP contribution in [0.15, 0.2) is 0 Å². The van der Waals surface area contributed by atoms with Crippen molar-refractivity contribution in [2.75, 3.05) is 53.2 Å². The van der Waals surface area contributed by atoms with Gasteiger partial charge in [-0.25, -0.2) is 0 Å². The Morgan fingerprint density at radius 3 is 2.94 bits per heavy atom.